The van der Waals surface area contributed by atoms with Gasteiger partial charge < -0.3 is 15.2 Å². The van der Waals surface area contributed by atoms with Gasteiger partial charge in [-0.2, -0.15) is 0 Å². The zero-order valence-corrected chi connectivity index (χ0v) is 10.8. The molecule has 0 aromatic heterocycles. The van der Waals surface area contributed by atoms with Gasteiger partial charge in [0.1, 0.15) is 5.75 Å². The van der Waals surface area contributed by atoms with Crippen molar-refractivity contribution in [1.29, 1.82) is 0 Å². The summed E-state index contributed by atoms with van der Waals surface area (Å²) in [5.74, 6) is 0.859. The maximum absolute atomic E-state index is 10.1. The van der Waals surface area contributed by atoms with E-state index >= 15 is 0 Å². The minimum absolute atomic E-state index is 0.500. The molecule has 0 saturated heterocycles. The van der Waals surface area contributed by atoms with Crippen LogP contribution in [-0.4, -0.2) is 25.3 Å². The maximum Gasteiger partial charge on any atom is 0.122 e. The van der Waals surface area contributed by atoms with Gasteiger partial charge in [-0.25, -0.2) is 0 Å². The first-order chi connectivity index (χ1) is 8.10. The minimum Gasteiger partial charge on any atom is -0.496 e. The minimum atomic E-state index is -0.500. The molecule has 1 aromatic carbocycles. The van der Waals surface area contributed by atoms with Crippen molar-refractivity contribution in [3.8, 4) is 5.75 Å². The Labute approximate surface area is 103 Å². The van der Waals surface area contributed by atoms with Crippen molar-refractivity contribution >= 4 is 0 Å². The molecule has 1 unspecified atom stereocenters. The number of hydrogen-bond acceptors (Lipinski definition) is 3. The van der Waals surface area contributed by atoms with Crippen molar-refractivity contribution in [2.75, 3.05) is 20.2 Å². The summed E-state index contributed by atoms with van der Waals surface area (Å²) < 4.78 is 5.25. The van der Waals surface area contributed by atoms with Crippen molar-refractivity contribution < 1.29 is 9.84 Å². The predicted molar refractivity (Wildman–Crippen MR) is 70.5 cm³/mol. The van der Waals surface area contributed by atoms with Gasteiger partial charge in [0, 0.05) is 13.1 Å². The van der Waals surface area contributed by atoms with Crippen LogP contribution in [-0.2, 0) is 0 Å². The van der Waals surface area contributed by atoms with Gasteiger partial charge in [-0.1, -0.05) is 6.08 Å². The summed E-state index contributed by atoms with van der Waals surface area (Å²) in [5.41, 5.74) is 3.02. The molecule has 0 fully saturated rings. The van der Waals surface area contributed by atoms with Gasteiger partial charge in [0.05, 0.1) is 13.2 Å². The van der Waals surface area contributed by atoms with Crippen LogP contribution in [0.1, 0.15) is 22.8 Å². The number of nitrogens with one attached hydrogen (secondary N) is 1. The second kappa shape index (κ2) is 6.42. The Morgan fingerprint density at radius 1 is 1.41 bits per heavy atom. The molecule has 0 spiro atoms. The van der Waals surface area contributed by atoms with Gasteiger partial charge in [-0.3, -0.25) is 0 Å². The number of aliphatic hydroxyl groups excluding tert-OH is 1. The van der Waals surface area contributed by atoms with Crippen molar-refractivity contribution in [3.05, 3.63) is 41.5 Å². The van der Waals surface area contributed by atoms with Crippen LogP contribution in [0.5, 0.6) is 5.75 Å². The van der Waals surface area contributed by atoms with E-state index in [1.807, 2.05) is 26.0 Å². The molecule has 3 heteroatoms. The third-order valence-electron chi connectivity index (χ3n) is 2.77. The number of ether oxygens (including phenoxy) is 1. The van der Waals surface area contributed by atoms with E-state index in [0.717, 1.165) is 22.4 Å². The normalized spacial score (nSPS) is 12.2. The van der Waals surface area contributed by atoms with Crippen molar-refractivity contribution in [2.24, 2.45) is 0 Å². The van der Waals surface area contributed by atoms with Crippen LogP contribution in [0, 0.1) is 13.8 Å². The number of methoxy groups -OCH3 is 1. The molecule has 1 aromatic rings. The fourth-order valence-corrected chi connectivity index (χ4v) is 1.82. The molecule has 2 N–H and O–H groups in total. The Morgan fingerprint density at radius 3 is 2.71 bits per heavy atom. The van der Waals surface area contributed by atoms with Crippen LogP contribution in [0.15, 0.2) is 24.8 Å². The molecular weight excluding hydrogens is 214 g/mol. The van der Waals surface area contributed by atoms with E-state index in [9.17, 15) is 5.11 Å². The lowest BCUT2D eigenvalue weighted by molar-refractivity contribution is 0.175. The monoisotopic (exact) mass is 235 g/mol. The molecule has 94 valence electrons. The lowest BCUT2D eigenvalue weighted by Crippen LogP contribution is -2.22. The highest BCUT2D eigenvalue weighted by molar-refractivity contribution is 5.42. The second-order valence-corrected chi connectivity index (χ2v) is 4.14. The summed E-state index contributed by atoms with van der Waals surface area (Å²) in [7, 11) is 1.66. The topological polar surface area (TPSA) is 41.5 Å². The molecular formula is C14H21NO2. The van der Waals surface area contributed by atoms with E-state index in [0.29, 0.717) is 13.1 Å². The average Bonchev–Trinajstić information content (AvgIpc) is 2.31. The quantitative estimate of drug-likeness (QED) is 0.586. The lowest BCUT2D eigenvalue weighted by Gasteiger charge is -2.16. The van der Waals surface area contributed by atoms with Crippen LogP contribution < -0.4 is 10.1 Å². The zero-order valence-electron chi connectivity index (χ0n) is 10.8. The summed E-state index contributed by atoms with van der Waals surface area (Å²) in [6.45, 7) is 8.81. The predicted octanol–water partition coefficient (Wildman–Crippen LogP) is 2.12. The van der Waals surface area contributed by atoms with Crippen LogP contribution in [0.4, 0.5) is 0 Å². The molecule has 0 aliphatic carbocycles. The van der Waals surface area contributed by atoms with Crippen LogP contribution in [0.25, 0.3) is 0 Å². The molecule has 0 amide bonds. The van der Waals surface area contributed by atoms with Crippen LogP contribution in [0.2, 0.25) is 0 Å². The van der Waals surface area contributed by atoms with Gasteiger partial charge in [0.25, 0.3) is 0 Å². The molecule has 0 bridgehead atoms. The highest BCUT2D eigenvalue weighted by Gasteiger charge is 2.12. The van der Waals surface area contributed by atoms with Gasteiger partial charge in [0.15, 0.2) is 0 Å². The highest BCUT2D eigenvalue weighted by Crippen LogP contribution is 2.26. The second-order valence-electron chi connectivity index (χ2n) is 4.14. The van der Waals surface area contributed by atoms with E-state index < -0.39 is 6.10 Å². The third kappa shape index (κ3) is 3.58. The van der Waals surface area contributed by atoms with Gasteiger partial charge >= 0.3 is 0 Å². The standard InChI is InChI=1S/C14H21NO2/c1-5-6-15-9-13(16)12-7-11(3)14(17-4)8-10(12)2/h5,7-8,13,15-16H,1,6,9H2,2-4H3. The average molecular weight is 235 g/mol. The molecule has 0 aliphatic heterocycles. The maximum atomic E-state index is 10.1. The van der Waals surface area contributed by atoms with E-state index in [4.69, 9.17) is 4.74 Å². The summed E-state index contributed by atoms with van der Waals surface area (Å²) >= 11 is 0. The van der Waals surface area contributed by atoms with E-state index in [-0.39, 0.29) is 0 Å². The first-order valence-electron chi connectivity index (χ1n) is 5.75. The Bertz CT molecular complexity index is 388. The zero-order chi connectivity index (χ0) is 12.8. The van der Waals surface area contributed by atoms with E-state index in [1.54, 1.807) is 13.2 Å². The number of hydrogen-bond donors (Lipinski definition) is 2. The first kappa shape index (κ1) is 13.7. The Balaban J connectivity index is 2.82. The van der Waals surface area contributed by atoms with Crippen LogP contribution in [0.3, 0.4) is 0 Å². The summed E-state index contributed by atoms with van der Waals surface area (Å²) in [5, 5.41) is 13.2. The molecule has 17 heavy (non-hydrogen) atoms. The molecule has 3 nitrogen and oxygen atoms in total. The Hall–Kier alpha value is -1.32. The molecule has 0 radical (unpaired) electrons. The number of aliphatic hydroxyl groups is 1. The highest BCUT2D eigenvalue weighted by atomic mass is 16.5. The van der Waals surface area contributed by atoms with E-state index in [2.05, 4.69) is 11.9 Å². The fraction of sp³-hybridized carbons (Fsp3) is 0.429. The molecule has 1 atom stereocenters. The third-order valence-corrected chi connectivity index (χ3v) is 2.77. The molecule has 0 aliphatic rings. The van der Waals surface area contributed by atoms with Gasteiger partial charge in [0.2, 0.25) is 0 Å². The number of aryl methyl sites for hydroxylation is 2. The Kier molecular flexibility index (Phi) is 5.19. The first-order valence-corrected chi connectivity index (χ1v) is 5.75. The van der Waals surface area contributed by atoms with Crippen molar-refractivity contribution in [1.82, 2.24) is 5.32 Å². The summed E-state index contributed by atoms with van der Waals surface area (Å²) in [6, 6.07) is 3.94. The largest absolute Gasteiger partial charge is 0.496 e. The Morgan fingerprint density at radius 2 is 2.12 bits per heavy atom. The van der Waals surface area contributed by atoms with E-state index in [1.165, 1.54) is 0 Å². The SMILES string of the molecule is C=CCNCC(O)c1cc(C)c(OC)cc1C. The van der Waals surface area contributed by atoms with Crippen LogP contribution >= 0.6 is 0 Å². The summed E-state index contributed by atoms with van der Waals surface area (Å²) in [4.78, 5) is 0. The molecule has 0 saturated carbocycles. The molecule has 0 heterocycles. The van der Waals surface area contributed by atoms with Crippen molar-refractivity contribution in [3.63, 3.8) is 0 Å². The number of benzene rings is 1. The number of rotatable bonds is 6. The lowest BCUT2D eigenvalue weighted by atomic mass is 10.00. The van der Waals surface area contributed by atoms with Gasteiger partial charge in [-0.15, -0.1) is 6.58 Å². The fourth-order valence-electron chi connectivity index (χ4n) is 1.82. The smallest absolute Gasteiger partial charge is 0.122 e. The van der Waals surface area contributed by atoms with Crippen molar-refractivity contribution in [2.45, 2.75) is 20.0 Å². The summed E-state index contributed by atoms with van der Waals surface area (Å²) in [6.07, 6.45) is 1.28. The van der Waals surface area contributed by atoms with Gasteiger partial charge in [-0.05, 0) is 42.7 Å². The molecule has 1 rings (SSSR count).